The Balaban J connectivity index is 2.30. The molecule has 0 atom stereocenters. The normalized spacial score (nSPS) is 9.93. The number of nitrogens with zero attached hydrogens (tertiary/aromatic N) is 1. The number of thioether (sulfide) groups is 1. The average molecular weight is 225 g/mol. The molecular formula is C11H15NO2S. The predicted molar refractivity (Wildman–Crippen MR) is 62.4 cm³/mol. The molecule has 15 heavy (non-hydrogen) atoms. The van der Waals surface area contributed by atoms with Gasteiger partial charge in [-0.1, -0.05) is 18.2 Å². The van der Waals surface area contributed by atoms with Gasteiger partial charge in [-0.3, -0.25) is 0 Å². The van der Waals surface area contributed by atoms with Crippen molar-refractivity contribution in [2.45, 2.75) is 11.8 Å². The third kappa shape index (κ3) is 4.25. The SMILES string of the molecule is CCN(CCSc1ccccc1)C(=O)O. The molecule has 0 aliphatic rings. The van der Waals surface area contributed by atoms with Crippen molar-refractivity contribution in [2.75, 3.05) is 18.8 Å². The van der Waals surface area contributed by atoms with E-state index in [9.17, 15) is 4.79 Å². The lowest BCUT2D eigenvalue weighted by molar-refractivity contribution is 0.150. The number of carbonyl (C=O) groups is 1. The second-order valence-electron chi connectivity index (χ2n) is 3.02. The van der Waals surface area contributed by atoms with Gasteiger partial charge in [-0.2, -0.15) is 0 Å². The smallest absolute Gasteiger partial charge is 0.407 e. The van der Waals surface area contributed by atoms with Crippen LogP contribution in [0.3, 0.4) is 0 Å². The molecule has 1 N–H and O–H groups in total. The van der Waals surface area contributed by atoms with Gasteiger partial charge in [0.05, 0.1) is 0 Å². The summed E-state index contributed by atoms with van der Waals surface area (Å²) in [6, 6.07) is 10.00. The summed E-state index contributed by atoms with van der Waals surface area (Å²) in [5.74, 6) is 0.796. The van der Waals surface area contributed by atoms with Crippen molar-refractivity contribution in [3.05, 3.63) is 30.3 Å². The van der Waals surface area contributed by atoms with Crippen LogP contribution in [0.5, 0.6) is 0 Å². The topological polar surface area (TPSA) is 40.5 Å². The molecule has 82 valence electrons. The largest absolute Gasteiger partial charge is 0.465 e. The molecule has 1 aromatic carbocycles. The maximum Gasteiger partial charge on any atom is 0.407 e. The fourth-order valence-electron chi connectivity index (χ4n) is 1.18. The molecule has 0 saturated heterocycles. The monoisotopic (exact) mass is 225 g/mol. The lowest BCUT2D eigenvalue weighted by atomic mass is 10.4. The summed E-state index contributed by atoms with van der Waals surface area (Å²) < 4.78 is 0. The Hall–Kier alpha value is -1.16. The lowest BCUT2D eigenvalue weighted by Gasteiger charge is -2.16. The van der Waals surface area contributed by atoms with Crippen molar-refractivity contribution in [1.29, 1.82) is 0 Å². The van der Waals surface area contributed by atoms with Gasteiger partial charge >= 0.3 is 6.09 Å². The van der Waals surface area contributed by atoms with Crippen LogP contribution in [0.15, 0.2) is 35.2 Å². The summed E-state index contributed by atoms with van der Waals surface area (Å²) in [4.78, 5) is 13.3. The summed E-state index contributed by atoms with van der Waals surface area (Å²) in [5.41, 5.74) is 0. The first-order valence-electron chi connectivity index (χ1n) is 4.89. The Kier molecular flexibility index (Phi) is 5.04. The second-order valence-corrected chi connectivity index (χ2v) is 4.19. The standard InChI is InChI=1S/C11H15NO2S/c1-2-12(11(13)14)8-9-15-10-6-4-3-5-7-10/h3-7H,2,8-9H2,1H3,(H,13,14). The van der Waals surface area contributed by atoms with Gasteiger partial charge in [0, 0.05) is 23.7 Å². The third-order valence-electron chi connectivity index (χ3n) is 2.03. The van der Waals surface area contributed by atoms with Crippen molar-refractivity contribution in [3.8, 4) is 0 Å². The molecule has 0 heterocycles. The predicted octanol–water partition coefficient (Wildman–Crippen LogP) is 2.78. The van der Waals surface area contributed by atoms with E-state index in [1.807, 2.05) is 37.3 Å². The fraction of sp³-hybridized carbons (Fsp3) is 0.364. The van der Waals surface area contributed by atoms with Crippen LogP contribution in [0.2, 0.25) is 0 Å². The Labute approximate surface area is 94.1 Å². The van der Waals surface area contributed by atoms with Gasteiger partial charge in [-0.25, -0.2) is 4.79 Å². The Morgan fingerprint density at radius 2 is 2.07 bits per heavy atom. The van der Waals surface area contributed by atoms with Gasteiger partial charge in [-0.15, -0.1) is 11.8 Å². The molecule has 1 aromatic rings. The van der Waals surface area contributed by atoms with E-state index < -0.39 is 6.09 Å². The van der Waals surface area contributed by atoms with Crippen molar-refractivity contribution in [2.24, 2.45) is 0 Å². The number of carboxylic acid groups (broad SMARTS) is 1. The molecule has 0 bridgehead atoms. The zero-order chi connectivity index (χ0) is 11.1. The summed E-state index contributed by atoms with van der Waals surface area (Å²) >= 11 is 1.68. The van der Waals surface area contributed by atoms with Crippen molar-refractivity contribution >= 4 is 17.9 Å². The Morgan fingerprint density at radius 3 is 2.60 bits per heavy atom. The first kappa shape index (κ1) is 11.9. The zero-order valence-electron chi connectivity index (χ0n) is 8.72. The van der Waals surface area contributed by atoms with Crippen LogP contribution in [-0.4, -0.2) is 34.9 Å². The molecule has 0 aromatic heterocycles. The van der Waals surface area contributed by atoms with E-state index in [-0.39, 0.29) is 0 Å². The molecule has 1 amide bonds. The van der Waals surface area contributed by atoms with E-state index in [1.165, 1.54) is 9.80 Å². The minimum absolute atomic E-state index is 0.546. The molecule has 4 heteroatoms. The van der Waals surface area contributed by atoms with E-state index >= 15 is 0 Å². The van der Waals surface area contributed by atoms with Crippen LogP contribution >= 0.6 is 11.8 Å². The third-order valence-corrected chi connectivity index (χ3v) is 3.02. The van der Waals surface area contributed by atoms with Crippen LogP contribution in [0.25, 0.3) is 0 Å². The van der Waals surface area contributed by atoms with Crippen LogP contribution in [0, 0.1) is 0 Å². The molecule has 0 saturated carbocycles. The molecular weight excluding hydrogens is 210 g/mol. The average Bonchev–Trinajstić information content (AvgIpc) is 2.25. The van der Waals surface area contributed by atoms with Crippen molar-refractivity contribution in [3.63, 3.8) is 0 Å². The molecule has 0 radical (unpaired) electrons. The summed E-state index contributed by atoms with van der Waals surface area (Å²) in [6.45, 7) is 2.97. The highest BCUT2D eigenvalue weighted by Gasteiger charge is 2.07. The highest BCUT2D eigenvalue weighted by molar-refractivity contribution is 7.99. The van der Waals surface area contributed by atoms with E-state index in [0.29, 0.717) is 13.1 Å². The van der Waals surface area contributed by atoms with Gasteiger partial charge in [0.25, 0.3) is 0 Å². The van der Waals surface area contributed by atoms with Crippen LogP contribution in [0.1, 0.15) is 6.92 Å². The zero-order valence-corrected chi connectivity index (χ0v) is 9.54. The maximum atomic E-state index is 10.7. The summed E-state index contributed by atoms with van der Waals surface area (Å²) in [6.07, 6.45) is -0.842. The van der Waals surface area contributed by atoms with Crippen molar-refractivity contribution in [1.82, 2.24) is 4.90 Å². The molecule has 0 aliphatic carbocycles. The second kappa shape index (κ2) is 6.35. The summed E-state index contributed by atoms with van der Waals surface area (Å²) in [7, 11) is 0. The van der Waals surface area contributed by atoms with E-state index in [2.05, 4.69) is 0 Å². The Morgan fingerprint density at radius 1 is 1.40 bits per heavy atom. The van der Waals surface area contributed by atoms with Gasteiger partial charge in [0.1, 0.15) is 0 Å². The maximum absolute atomic E-state index is 10.7. The Bertz CT molecular complexity index is 303. The van der Waals surface area contributed by atoms with Gasteiger partial charge in [-0.05, 0) is 19.1 Å². The van der Waals surface area contributed by atoms with E-state index in [1.54, 1.807) is 11.8 Å². The highest BCUT2D eigenvalue weighted by atomic mass is 32.2. The molecule has 0 aliphatic heterocycles. The first-order valence-corrected chi connectivity index (χ1v) is 5.88. The summed E-state index contributed by atoms with van der Waals surface area (Å²) in [5, 5.41) is 8.79. The van der Waals surface area contributed by atoms with Gasteiger partial charge in [0.2, 0.25) is 0 Å². The van der Waals surface area contributed by atoms with Crippen LogP contribution in [-0.2, 0) is 0 Å². The molecule has 0 spiro atoms. The fourth-order valence-corrected chi connectivity index (χ4v) is 2.08. The molecule has 1 rings (SSSR count). The molecule has 0 fully saturated rings. The van der Waals surface area contributed by atoms with E-state index in [4.69, 9.17) is 5.11 Å². The minimum Gasteiger partial charge on any atom is -0.465 e. The van der Waals surface area contributed by atoms with Crippen molar-refractivity contribution < 1.29 is 9.90 Å². The number of hydrogen-bond donors (Lipinski definition) is 1. The lowest BCUT2D eigenvalue weighted by Crippen LogP contribution is -2.31. The highest BCUT2D eigenvalue weighted by Crippen LogP contribution is 2.16. The number of hydrogen-bond acceptors (Lipinski definition) is 2. The quantitative estimate of drug-likeness (QED) is 0.783. The van der Waals surface area contributed by atoms with Crippen LogP contribution in [0.4, 0.5) is 4.79 Å². The van der Waals surface area contributed by atoms with Gasteiger partial charge in [0.15, 0.2) is 0 Å². The number of rotatable bonds is 5. The van der Waals surface area contributed by atoms with E-state index in [0.717, 1.165) is 5.75 Å². The first-order chi connectivity index (χ1) is 7.24. The van der Waals surface area contributed by atoms with Crippen LogP contribution < -0.4 is 0 Å². The van der Waals surface area contributed by atoms with Gasteiger partial charge < -0.3 is 10.0 Å². The molecule has 3 nitrogen and oxygen atoms in total. The molecule has 0 unspecified atom stereocenters. The number of benzene rings is 1. The minimum atomic E-state index is -0.842. The number of amides is 1.